The minimum absolute atomic E-state index is 0.00273. The first-order valence-corrected chi connectivity index (χ1v) is 17.3. The molecule has 0 aliphatic heterocycles. The first kappa shape index (κ1) is 37.5. The molecule has 0 heterocycles. The van der Waals surface area contributed by atoms with E-state index in [2.05, 4.69) is 6.58 Å². The standard InChI is InChI=1S/C38H36F2O9S/c1-3-36(41)47-23-9-7-5-4-6-8-22-46-29-15-21-33(35(40)25-29)38(43)49-28-13-18-31(19-14-28)50(44,45)30-16-11-27(12-17-30)48-37(42)32-20-10-26(2)24-34(32)39/h3,10-21,24-25H,1,4-9,22-23H2,2H3. The number of aryl methyl sites for hydroxylation is 1. The van der Waals surface area contributed by atoms with E-state index in [1.807, 2.05) is 0 Å². The second-order valence-corrected chi connectivity index (χ2v) is 13.1. The maximum atomic E-state index is 14.7. The van der Waals surface area contributed by atoms with Crippen molar-refractivity contribution in [3.63, 3.8) is 0 Å². The molecule has 0 bridgehead atoms. The second kappa shape index (κ2) is 17.9. The Morgan fingerprint density at radius 2 is 1.10 bits per heavy atom. The maximum absolute atomic E-state index is 14.7. The van der Waals surface area contributed by atoms with Crippen molar-refractivity contribution in [3.05, 3.63) is 126 Å². The van der Waals surface area contributed by atoms with Gasteiger partial charge in [-0.15, -0.1) is 0 Å². The summed E-state index contributed by atoms with van der Waals surface area (Å²) in [4.78, 5) is 35.8. The first-order chi connectivity index (χ1) is 24.0. The van der Waals surface area contributed by atoms with Crippen molar-refractivity contribution in [1.29, 1.82) is 0 Å². The number of benzene rings is 4. The van der Waals surface area contributed by atoms with Crippen LogP contribution in [-0.2, 0) is 19.4 Å². The quantitative estimate of drug-likeness (QED) is 0.0465. The van der Waals surface area contributed by atoms with Crippen LogP contribution in [-0.4, -0.2) is 39.5 Å². The number of ether oxygens (including phenoxy) is 4. The van der Waals surface area contributed by atoms with Crippen LogP contribution >= 0.6 is 0 Å². The zero-order chi connectivity index (χ0) is 36.1. The SMILES string of the molecule is C=CC(=O)OCCCCCCCCOc1ccc(C(=O)Oc2ccc(S(=O)(=O)c3ccc(OC(=O)c4ccc(C)cc4F)cc3)cc2)c(F)c1. The molecule has 0 aliphatic rings. The molecule has 12 heteroatoms. The third-order valence-electron chi connectivity index (χ3n) is 7.41. The molecule has 0 atom stereocenters. The molecular weight excluding hydrogens is 670 g/mol. The molecule has 4 rings (SSSR count). The Kier molecular flexibility index (Phi) is 13.4. The van der Waals surface area contributed by atoms with Gasteiger partial charge in [-0.1, -0.05) is 38.3 Å². The van der Waals surface area contributed by atoms with Crippen molar-refractivity contribution in [2.24, 2.45) is 0 Å². The van der Waals surface area contributed by atoms with E-state index in [1.54, 1.807) is 13.0 Å². The number of halogens is 2. The molecule has 0 unspecified atom stereocenters. The minimum Gasteiger partial charge on any atom is -0.493 e. The fraction of sp³-hybridized carbons (Fsp3) is 0.237. The lowest BCUT2D eigenvalue weighted by atomic mass is 10.1. The molecule has 0 saturated carbocycles. The number of hydrogen-bond acceptors (Lipinski definition) is 9. The topological polar surface area (TPSA) is 122 Å². The molecule has 0 spiro atoms. The molecule has 0 fully saturated rings. The molecule has 0 N–H and O–H groups in total. The predicted molar refractivity (Wildman–Crippen MR) is 180 cm³/mol. The Morgan fingerprint density at radius 1 is 0.640 bits per heavy atom. The van der Waals surface area contributed by atoms with Gasteiger partial charge < -0.3 is 18.9 Å². The number of sulfone groups is 1. The van der Waals surface area contributed by atoms with Crippen molar-refractivity contribution < 1.29 is 50.5 Å². The molecule has 50 heavy (non-hydrogen) atoms. The summed E-state index contributed by atoms with van der Waals surface area (Å²) in [6.45, 7) is 5.78. The van der Waals surface area contributed by atoms with Crippen molar-refractivity contribution >= 4 is 27.7 Å². The lowest BCUT2D eigenvalue weighted by molar-refractivity contribution is -0.137. The minimum atomic E-state index is -4.01. The van der Waals surface area contributed by atoms with E-state index in [-0.39, 0.29) is 38.2 Å². The van der Waals surface area contributed by atoms with Gasteiger partial charge in [-0.3, -0.25) is 0 Å². The third-order valence-corrected chi connectivity index (χ3v) is 9.20. The van der Waals surface area contributed by atoms with Crippen LogP contribution in [0.3, 0.4) is 0 Å². The molecule has 262 valence electrons. The van der Waals surface area contributed by atoms with Gasteiger partial charge in [-0.2, -0.15) is 0 Å². The zero-order valence-corrected chi connectivity index (χ0v) is 28.2. The summed E-state index contributed by atoms with van der Waals surface area (Å²) in [6.07, 6.45) is 6.52. The van der Waals surface area contributed by atoms with Crippen LogP contribution in [0.4, 0.5) is 8.78 Å². The fourth-order valence-corrected chi connectivity index (χ4v) is 5.96. The molecule has 0 amide bonds. The number of carbonyl (C=O) groups excluding carboxylic acids is 3. The van der Waals surface area contributed by atoms with E-state index in [0.717, 1.165) is 50.7 Å². The smallest absolute Gasteiger partial charge is 0.346 e. The van der Waals surface area contributed by atoms with Crippen LogP contribution in [0.15, 0.2) is 107 Å². The van der Waals surface area contributed by atoms with E-state index in [9.17, 15) is 31.6 Å². The Hall–Kier alpha value is -5.36. The largest absolute Gasteiger partial charge is 0.493 e. The van der Waals surface area contributed by atoms with E-state index in [0.29, 0.717) is 18.8 Å². The van der Waals surface area contributed by atoms with E-state index < -0.39 is 39.4 Å². The summed E-state index contributed by atoms with van der Waals surface area (Å²) in [6, 6.07) is 17.9. The lowest BCUT2D eigenvalue weighted by Gasteiger charge is -2.10. The molecule has 0 aliphatic carbocycles. The summed E-state index contributed by atoms with van der Waals surface area (Å²) < 4.78 is 76.1. The van der Waals surface area contributed by atoms with Crippen LogP contribution in [0.2, 0.25) is 0 Å². The highest BCUT2D eigenvalue weighted by molar-refractivity contribution is 7.91. The van der Waals surface area contributed by atoms with Gasteiger partial charge >= 0.3 is 17.9 Å². The van der Waals surface area contributed by atoms with Crippen LogP contribution in [0, 0.1) is 18.6 Å². The van der Waals surface area contributed by atoms with Crippen molar-refractivity contribution in [2.45, 2.75) is 55.2 Å². The molecule has 9 nitrogen and oxygen atoms in total. The van der Waals surface area contributed by atoms with Crippen LogP contribution < -0.4 is 14.2 Å². The van der Waals surface area contributed by atoms with Crippen LogP contribution in [0.5, 0.6) is 17.2 Å². The molecule has 0 radical (unpaired) electrons. The summed E-state index contributed by atoms with van der Waals surface area (Å²) in [5.74, 6) is -3.60. The van der Waals surface area contributed by atoms with Crippen molar-refractivity contribution in [1.82, 2.24) is 0 Å². The Bertz CT molecular complexity index is 1920. The lowest BCUT2D eigenvalue weighted by Crippen LogP contribution is -2.11. The number of carbonyl (C=O) groups is 3. The second-order valence-electron chi connectivity index (χ2n) is 11.2. The average molecular weight is 707 g/mol. The number of rotatable bonds is 17. The van der Waals surface area contributed by atoms with Gasteiger partial charge in [0.25, 0.3) is 0 Å². The van der Waals surface area contributed by atoms with E-state index >= 15 is 0 Å². The first-order valence-electron chi connectivity index (χ1n) is 15.8. The van der Waals surface area contributed by atoms with Gasteiger partial charge in [-0.25, -0.2) is 31.6 Å². The predicted octanol–water partition coefficient (Wildman–Crippen LogP) is 7.99. The molecule has 4 aromatic rings. The summed E-state index contributed by atoms with van der Waals surface area (Å²) >= 11 is 0. The summed E-state index contributed by atoms with van der Waals surface area (Å²) in [5.41, 5.74) is 0.0640. The number of hydrogen-bond donors (Lipinski definition) is 0. The van der Waals surface area contributed by atoms with E-state index in [1.165, 1.54) is 72.8 Å². The molecule has 4 aromatic carbocycles. The van der Waals surface area contributed by atoms with Gasteiger partial charge in [0.15, 0.2) is 0 Å². The maximum Gasteiger partial charge on any atom is 0.346 e. The fourth-order valence-electron chi connectivity index (χ4n) is 4.70. The summed E-state index contributed by atoms with van der Waals surface area (Å²) in [5, 5.41) is 0. The third kappa shape index (κ3) is 10.6. The highest BCUT2D eigenvalue weighted by Crippen LogP contribution is 2.26. The number of esters is 3. The van der Waals surface area contributed by atoms with E-state index in [4.69, 9.17) is 18.9 Å². The van der Waals surface area contributed by atoms with Crippen LogP contribution in [0.25, 0.3) is 0 Å². The summed E-state index contributed by atoms with van der Waals surface area (Å²) in [7, 11) is -4.01. The Balaban J connectivity index is 1.24. The normalized spacial score (nSPS) is 11.0. The molecule has 0 saturated heterocycles. The Labute approximate surface area is 289 Å². The van der Waals surface area contributed by atoms with Gasteiger partial charge in [0.05, 0.1) is 34.1 Å². The highest BCUT2D eigenvalue weighted by atomic mass is 32.2. The van der Waals surface area contributed by atoms with Gasteiger partial charge in [0, 0.05) is 12.1 Å². The zero-order valence-electron chi connectivity index (χ0n) is 27.4. The van der Waals surface area contributed by atoms with Gasteiger partial charge in [0.1, 0.15) is 28.9 Å². The van der Waals surface area contributed by atoms with Crippen molar-refractivity contribution in [3.8, 4) is 17.2 Å². The van der Waals surface area contributed by atoms with Crippen molar-refractivity contribution in [2.75, 3.05) is 13.2 Å². The molecule has 0 aromatic heterocycles. The number of unbranched alkanes of at least 4 members (excludes halogenated alkanes) is 5. The highest BCUT2D eigenvalue weighted by Gasteiger charge is 2.20. The monoisotopic (exact) mass is 706 g/mol. The van der Waals surface area contributed by atoms with Crippen LogP contribution in [0.1, 0.15) is 64.8 Å². The van der Waals surface area contributed by atoms with Gasteiger partial charge in [-0.05, 0) is 98.1 Å². The molecular formula is C38H36F2O9S. The average Bonchev–Trinajstić information content (AvgIpc) is 3.09. The Morgan fingerprint density at radius 3 is 1.60 bits per heavy atom. The van der Waals surface area contributed by atoms with Gasteiger partial charge in [0.2, 0.25) is 9.84 Å².